The zero-order chi connectivity index (χ0) is 22.7. The van der Waals surface area contributed by atoms with Crippen molar-refractivity contribution in [1.29, 1.82) is 5.26 Å². The standard InChI is InChI=1S/C23H28ClN3O.CH3Cl/c1-4-23(3,15-26)22(28)27-16(2)21(13-17-8-10-20(24)11-9-17)19-7-5-6-18(12-19)14-25;1-2/h5-12,16,21H,4,13,15,26H2,1-3H3,(H,27,28);1H3/p+1/t16-,21?,23?;/m0./s1. The molecule has 2 rings (SSSR count). The van der Waals surface area contributed by atoms with Gasteiger partial charge in [0, 0.05) is 23.4 Å². The first kappa shape index (κ1) is 26.0. The van der Waals surface area contributed by atoms with Crippen LogP contribution >= 0.6 is 23.2 Å². The normalized spacial score (nSPS) is 14.3. The lowest BCUT2D eigenvalue weighted by atomic mass is 9.83. The number of amides is 1. The van der Waals surface area contributed by atoms with E-state index in [-0.39, 0.29) is 17.9 Å². The second kappa shape index (κ2) is 12.6. The average Bonchev–Trinajstić information content (AvgIpc) is 2.79. The highest BCUT2D eigenvalue weighted by Crippen LogP contribution is 2.28. The van der Waals surface area contributed by atoms with Crippen LogP contribution in [0.25, 0.3) is 0 Å². The molecule has 0 heterocycles. The summed E-state index contributed by atoms with van der Waals surface area (Å²) in [5, 5.41) is 13.2. The highest BCUT2D eigenvalue weighted by Gasteiger charge is 2.34. The van der Waals surface area contributed by atoms with Crippen molar-refractivity contribution in [3.63, 3.8) is 0 Å². The van der Waals surface area contributed by atoms with Crippen molar-refractivity contribution in [2.45, 2.75) is 45.6 Å². The minimum Gasteiger partial charge on any atom is -0.357 e. The van der Waals surface area contributed by atoms with E-state index >= 15 is 0 Å². The summed E-state index contributed by atoms with van der Waals surface area (Å²) in [6.45, 7) is 6.54. The molecular formula is C24H32Cl2N3O+. The number of rotatable bonds is 8. The van der Waals surface area contributed by atoms with E-state index in [1.54, 1.807) is 6.07 Å². The van der Waals surface area contributed by atoms with Crippen molar-refractivity contribution in [2.24, 2.45) is 5.41 Å². The summed E-state index contributed by atoms with van der Waals surface area (Å²) in [4.78, 5) is 12.9. The molecule has 2 aromatic carbocycles. The molecule has 0 saturated carbocycles. The van der Waals surface area contributed by atoms with Gasteiger partial charge in [-0.2, -0.15) is 5.26 Å². The Bertz CT molecular complexity index is 842. The average molecular weight is 449 g/mol. The zero-order valence-corrected chi connectivity index (χ0v) is 19.7. The molecule has 162 valence electrons. The highest BCUT2D eigenvalue weighted by molar-refractivity contribution is 6.30. The number of halogens is 2. The smallest absolute Gasteiger partial charge is 0.231 e. The van der Waals surface area contributed by atoms with E-state index in [0.717, 1.165) is 24.0 Å². The topological polar surface area (TPSA) is 80.5 Å². The summed E-state index contributed by atoms with van der Waals surface area (Å²) in [6, 6.07) is 17.5. The second-order valence-electron chi connectivity index (χ2n) is 7.60. The van der Waals surface area contributed by atoms with Gasteiger partial charge in [0.25, 0.3) is 0 Å². The molecule has 2 unspecified atom stereocenters. The van der Waals surface area contributed by atoms with Gasteiger partial charge >= 0.3 is 0 Å². The quantitative estimate of drug-likeness (QED) is 0.580. The third-order valence-electron chi connectivity index (χ3n) is 5.66. The van der Waals surface area contributed by atoms with Crippen molar-refractivity contribution in [1.82, 2.24) is 5.32 Å². The molecule has 1 amide bonds. The Morgan fingerprint density at radius 1 is 1.23 bits per heavy atom. The molecular weight excluding hydrogens is 417 g/mol. The van der Waals surface area contributed by atoms with E-state index in [1.807, 2.05) is 63.2 Å². The van der Waals surface area contributed by atoms with E-state index in [4.69, 9.17) is 11.6 Å². The van der Waals surface area contributed by atoms with Crippen molar-refractivity contribution < 1.29 is 10.5 Å². The van der Waals surface area contributed by atoms with Gasteiger partial charge in [0.15, 0.2) is 0 Å². The van der Waals surface area contributed by atoms with Crippen LogP contribution in [0.3, 0.4) is 0 Å². The van der Waals surface area contributed by atoms with Gasteiger partial charge in [0.1, 0.15) is 0 Å². The molecule has 0 aromatic heterocycles. The molecule has 0 aliphatic carbocycles. The highest BCUT2D eigenvalue weighted by atomic mass is 35.5. The maximum Gasteiger partial charge on any atom is 0.231 e. The summed E-state index contributed by atoms with van der Waals surface area (Å²) in [5.41, 5.74) is 6.26. The van der Waals surface area contributed by atoms with Crippen LogP contribution in [0.2, 0.25) is 5.02 Å². The number of nitriles is 1. The monoisotopic (exact) mass is 448 g/mol. The van der Waals surface area contributed by atoms with Crippen molar-refractivity contribution in [3.8, 4) is 6.07 Å². The molecule has 3 atom stereocenters. The van der Waals surface area contributed by atoms with Crippen LogP contribution < -0.4 is 11.1 Å². The Kier molecular flexibility index (Phi) is 10.9. The lowest BCUT2D eigenvalue weighted by Crippen LogP contribution is -2.62. The number of carbonyl (C=O) groups is 1. The number of carbonyl (C=O) groups excluding carboxylic acids is 1. The first-order valence-electron chi connectivity index (χ1n) is 10.1. The minimum atomic E-state index is -0.479. The molecule has 0 spiro atoms. The molecule has 0 saturated heterocycles. The SMILES string of the molecule is CCC(C)(C[NH3+])C(=O)N[C@@H](C)C(Cc1ccc(Cl)cc1)c1cccc(C#N)c1.CCl. The van der Waals surface area contributed by atoms with Gasteiger partial charge in [-0.3, -0.25) is 4.79 Å². The summed E-state index contributed by atoms with van der Waals surface area (Å²) in [6.07, 6.45) is 2.95. The van der Waals surface area contributed by atoms with Gasteiger partial charge in [-0.05, 0) is 62.1 Å². The number of hydrogen-bond acceptors (Lipinski definition) is 2. The number of hydrogen-bond donors (Lipinski definition) is 2. The molecule has 0 fully saturated rings. The Labute approximate surface area is 190 Å². The van der Waals surface area contributed by atoms with E-state index in [1.165, 1.54) is 6.38 Å². The maximum absolute atomic E-state index is 12.9. The number of nitrogens with zero attached hydrogens (tertiary/aromatic N) is 1. The first-order valence-corrected chi connectivity index (χ1v) is 11.2. The minimum absolute atomic E-state index is 0.0232. The van der Waals surface area contributed by atoms with Crippen LogP contribution in [0, 0.1) is 16.7 Å². The van der Waals surface area contributed by atoms with E-state index in [2.05, 4.69) is 28.7 Å². The third-order valence-corrected chi connectivity index (χ3v) is 5.91. The van der Waals surface area contributed by atoms with Gasteiger partial charge in [0.05, 0.1) is 23.6 Å². The van der Waals surface area contributed by atoms with Crippen LogP contribution in [0.4, 0.5) is 0 Å². The van der Waals surface area contributed by atoms with Crippen LogP contribution in [0.1, 0.15) is 49.8 Å². The first-order chi connectivity index (χ1) is 14.3. The van der Waals surface area contributed by atoms with Crippen LogP contribution in [0.15, 0.2) is 48.5 Å². The number of benzene rings is 2. The van der Waals surface area contributed by atoms with Gasteiger partial charge in [-0.25, -0.2) is 0 Å². The lowest BCUT2D eigenvalue weighted by molar-refractivity contribution is -0.386. The van der Waals surface area contributed by atoms with E-state index in [0.29, 0.717) is 17.1 Å². The summed E-state index contributed by atoms with van der Waals surface area (Å²) in [7, 11) is 0. The fourth-order valence-electron chi connectivity index (χ4n) is 3.23. The van der Waals surface area contributed by atoms with Crippen molar-refractivity contribution >= 4 is 29.1 Å². The van der Waals surface area contributed by atoms with Gasteiger partial charge in [0.2, 0.25) is 5.91 Å². The summed E-state index contributed by atoms with van der Waals surface area (Å²) < 4.78 is 0. The third kappa shape index (κ3) is 7.02. The van der Waals surface area contributed by atoms with Crippen LogP contribution in [0.5, 0.6) is 0 Å². The molecule has 0 aliphatic heterocycles. The lowest BCUT2D eigenvalue weighted by Gasteiger charge is -2.30. The molecule has 4 nitrogen and oxygen atoms in total. The van der Waals surface area contributed by atoms with E-state index in [9.17, 15) is 10.1 Å². The number of nitrogens with one attached hydrogen (secondary N) is 1. The predicted octanol–water partition coefficient (Wildman–Crippen LogP) is 4.56. The van der Waals surface area contributed by atoms with Gasteiger partial charge < -0.3 is 11.1 Å². The molecule has 0 aliphatic rings. The van der Waals surface area contributed by atoms with E-state index < -0.39 is 5.41 Å². The Balaban J connectivity index is 0.00000218. The van der Waals surface area contributed by atoms with Crippen molar-refractivity contribution in [2.75, 3.05) is 12.9 Å². The number of alkyl halides is 1. The Morgan fingerprint density at radius 3 is 2.40 bits per heavy atom. The Morgan fingerprint density at radius 2 is 1.87 bits per heavy atom. The van der Waals surface area contributed by atoms with Crippen LogP contribution in [-0.2, 0) is 11.2 Å². The molecule has 4 N–H and O–H groups in total. The molecule has 6 heteroatoms. The molecule has 0 bridgehead atoms. The maximum atomic E-state index is 12.9. The Hall–Kier alpha value is -2.06. The largest absolute Gasteiger partial charge is 0.357 e. The molecule has 2 aromatic rings. The predicted molar refractivity (Wildman–Crippen MR) is 125 cm³/mol. The summed E-state index contributed by atoms with van der Waals surface area (Å²) >= 11 is 10.7. The fourth-order valence-corrected chi connectivity index (χ4v) is 3.36. The van der Waals surface area contributed by atoms with Crippen molar-refractivity contribution in [3.05, 3.63) is 70.2 Å². The molecule has 30 heavy (non-hydrogen) atoms. The molecule has 0 radical (unpaired) electrons. The number of quaternary nitrogens is 1. The zero-order valence-electron chi connectivity index (χ0n) is 18.2. The van der Waals surface area contributed by atoms with Gasteiger partial charge in [-0.15, -0.1) is 11.6 Å². The second-order valence-corrected chi connectivity index (χ2v) is 8.04. The summed E-state index contributed by atoms with van der Waals surface area (Å²) in [5.74, 6) is 0.0550. The van der Waals surface area contributed by atoms with Gasteiger partial charge in [-0.1, -0.05) is 42.8 Å². The van der Waals surface area contributed by atoms with Crippen LogP contribution in [-0.4, -0.2) is 24.9 Å². The fraction of sp³-hybridized carbons (Fsp3) is 0.417.